The summed E-state index contributed by atoms with van der Waals surface area (Å²) in [4.78, 5) is 12.3. The number of halogens is 1. The van der Waals surface area contributed by atoms with E-state index < -0.39 is 6.04 Å². The average Bonchev–Trinajstić information content (AvgIpc) is 2.53. The molecule has 0 aliphatic rings. The van der Waals surface area contributed by atoms with Crippen LogP contribution in [0.2, 0.25) is 0 Å². The Kier molecular flexibility index (Phi) is 5.53. The van der Waals surface area contributed by atoms with Crippen molar-refractivity contribution in [1.29, 1.82) is 0 Å². The maximum Gasteiger partial charge on any atom is 0.241 e. The fourth-order valence-electron chi connectivity index (χ4n) is 2.19. The molecule has 2 aromatic rings. The van der Waals surface area contributed by atoms with Crippen LogP contribution in [0.5, 0.6) is 0 Å². The summed E-state index contributed by atoms with van der Waals surface area (Å²) in [5.74, 6) is -0.157. The molecule has 2 atom stereocenters. The number of hydrogen-bond acceptors (Lipinski definition) is 2. The fourth-order valence-corrected chi connectivity index (χ4v) is 2.45. The Balaban J connectivity index is 2.08. The standard InChI is InChI=1S/C17H19BrN2O/c1-2-15(12-8-10-14(18)11-9-12)20-17(21)16(19)13-6-4-3-5-7-13/h3-11,15-16H,2,19H2,1H3,(H,20,21)/t15?,16-/m1/s1. The predicted molar refractivity (Wildman–Crippen MR) is 88.7 cm³/mol. The van der Waals surface area contributed by atoms with Gasteiger partial charge in [0.05, 0.1) is 6.04 Å². The van der Waals surface area contributed by atoms with Crippen molar-refractivity contribution in [2.24, 2.45) is 5.73 Å². The zero-order chi connectivity index (χ0) is 15.2. The van der Waals surface area contributed by atoms with Gasteiger partial charge >= 0.3 is 0 Å². The third-order valence-electron chi connectivity index (χ3n) is 3.44. The van der Waals surface area contributed by atoms with E-state index in [0.29, 0.717) is 0 Å². The normalized spacial score (nSPS) is 13.5. The van der Waals surface area contributed by atoms with Gasteiger partial charge < -0.3 is 11.1 Å². The van der Waals surface area contributed by atoms with Gasteiger partial charge in [-0.05, 0) is 29.7 Å². The van der Waals surface area contributed by atoms with E-state index in [-0.39, 0.29) is 11.9 Å². The molecular weight excluding hydrogens is 328 g/mol. The Hall–Kier alpha value is -1.65. The predicted octanol–water partition coefficient (Wildman–Crippen LogP) is 3.72. The maximum atomic E-state index is 12.3. The van der Waals surface area contributed by atoms with Crippen LogP contribution in [0.15, 0.2) is 59.1 Å². The number of nitrogens with one attached hydrogen (secondary N) is 1. The lowest BCUT2D eigenvalue weighted by Gasteiger charge is -2.20. The smallest absolute Gasteiger partial charge is 0.241 e. The van der Waals surface area contributed by atoms with Crippen LogP contribution in [0.1, 0.15) is 36.6 Å². The Bertz CT molecular complexity index is 583. The van der Waals surface area contributed by atoms with E-state index in [1.807, 2.05) is 61.5 Å². The van der Waals surface area contributed by atoms with Gasteiger partial charge in [-0.1, -0.05) is 65.3 Å². The molecule has 3 nitrogen and oxygen atoms in total. The highest BCUT2D eigenvalue weighted by atomic mass is 79.9. The molecule has 4 heteroatoms. The van der Waals surface area contributed by atoms with Gasteiger partial charge in [0.15, 0.2) is 0 Å². The highest BCUT2D eigenvalue weighted by Gasteiger charge is 2.19. The molecule has 0 aromatic heterocycles. The van der Waals surface area contributed by atoms with E-state index in [2.05, 4.69) is 21.2 Å². The van der Waals surface area contributed by atoms with E-state index in [9.17, 15) is 4.79 Å². The van der Waals surface area contributed by atoms with Crippen molar-refractivity contribution < 1.29 is 4.79 Å². The summed E-state index contributed by atoms with van der Waals surface area (Å²) in [6, 6.07) is 16.7. The lowest BCUT2D eigenvalue weighted by atomic mass is 10.0. The molecule has 2 rings (SSSR count). The number of rotatable bonds is 5. The summed E-state index contributed by atoms with van der Waals surface area (Å²) >= 11 is 3.41. The van der Waals surface area contributed by atoms with Crippen LogP contribution < -0.4 is 11.1 Å². The summed E-state index contributed by atoms with van der Waals surface area (Å²) in [6.07, 6.45) is 0.814. The largest absolute Gasteiger partial charge is 0.348 e. The molecule has 0 fully saturated rings. The van der Waals surface area contributed by atoms with Crippen LogP contribution in [0.25, 0.3) is 0 Å². The quantitative estimate of drug-likeness (QED) is 0.866. The van der Waals surface area contributed by atoms with Crippen molar-refractivity contribution in [3.05, 3.63) is 70.2 Å². The maximum absolute atomic E-state index is 12.3. The third kappa shape index (κ3) is 4.16. The molecule has 0 radical (unpaired) electrons. The summed E-state index contributed by atoms with van der Waals surface area (Å²) in [5, 5.41) is 3.02. The zero-order valence-electron chi connectivity index (χ0n) is 11.9. The number of hydrogen-bond donors (Lipinski definition) is 2. The van der Waals surface area contributed by atoms with Gasteiger partial charge in [-0.3, -0.25) is 4.79 Å². The molecule has 0 heterocycles. The second-order valence-electron chi connectivity index (χ2n) is 4.91. The molecule has 1 amide bonds. The van der Waals surface area contributed by atoms with E-state index >= 15 is 0 Å². The third-order valence-corrected chi connectivity index (χ3v) is 3.97. The molecule has 0 saturated carbocycles. The first-order valence-electron chi connectivity index (χ1n) is 6.98. The van der Waals surface area contributed by atoms with Gasteiger partial charge in [0.2, 0.25) is 5.91 Å². The molecular formula is C17H19BrN2O. The van der Waals surface area contributed by atoms with E-state index in [4.69, 9.17) is 5.73 Å². The zero-order valence-corrected chi connectivity index (χ0v) is 13.5. The molecule has 3 N–H and O–H groups in total. The Morgan fingerprint density at radius 1 is 1.10 bits per heavy atom. The molecule has 110 valence electrons. The topological polar surface area (TPSA) is 55.1 Å². The minimum Gasteiger partial charge on any atom is -0.348 e. The molecule has 2 aromatic carbocycles. The molecule has 0 saturated heterocycles. The Labute approximate surface area is 133 Å². The monoisotopic (exact) mass is 346 g/mol. The van der Waals surface area contributed by atoms with Crippen LogP contribution in [-0.2, 0) is 4.79 Å². The van der Waals surface area contributed by atoms with Crippen molar-refractivity contribution in [3.63, 3.8) is 0 Å². The first-order valence-corrected chi connectivity index (χ1v) is 7.77. The van der Waals surface area contributed by atoms with Crippen molar-refractivity contribution >= 4 is 21.8 Å². The van der Waals surface area contributed by atoms with Crippen LogP contribution in [0.3, 0.4) is 0 Å². The lowest BCUT2D eigenvalue weighted by Crippen LogP contribution is -2.36. The van der Waals surface area contributed by atoms with Crippen molar-refractivity contribution in [2.75, 3.05) is 0 Å². The highest BCUT2D eigenvalue weighted by molar-refractivity contribution is 9.10. The SMILES string of the molecule is CCC(NC(=O)[C@H](N)c1ccccc1)c1ccc(Br)cc1. The number of amides is 1. The summed E-state index contributed by atoms with van der Waals surface area (Å²) in [5.41, 5.74) is 7.92. The number of benzene rings is 2. The minimum atomic E-state index is -0.643. The summed E-state index contributed by atoms with van der Waals surface area (Å²) < 4.78 is 1.02. The van der Waals surface area contributed by atoms with E-state index in [1.165, 1.54) is 0 Å². The van der Waals surface area contributed by atoms with Crippen LogP contribution in [0.4, 0.5) is 0 Å². The first-order chi connectivity index (χ1) is 10.1. The van der Waals surface area contributed by atoms with Crippen molar-refractivity contribution in [1.82, 2.24) is 5.32 Å². The lowest BCUT2D eigenvalue weighted by molar-refractivity contribution is -0.123. The summed E-state index contributed by atoms with van der Waals surface area (Å²) in [6.45, 7) is 2.04. The second-order valence-corrected chi connectivity index (χ2v) is 5.83. The minimum absolute atomic E-state index is 0.0274. The van der Waals surface area contributed by atoms with Crippen LogP contribution in [-0.4, -0.2) is 5.91 Å². The number of carbonyl (C=O) groups excluding carboxylic acids is 1. The number of carbonyl (C=O) groups is 1. The highest BCUT2D eigenvalue weighted by Crippen LogP contribution is 2.20. The second kappa shape index (κ2) is 7.38. The van der Waals surface area contributed by atoms with Gasteiger partial charge in [0.25, 0.3) is 0 Å². The Morgan fingerprint density at radius 3 is 2.29 bits per heavy atom. The van der Waals surface area contributed by atoms with Crippen LogP contribution >= 0.6 is 15.9 Å². The molecule has 0 bridgehead atoms. The first kappa shape index (κ1) is 15.7. The van der Waals surface area contributed by atoms with Crippen LogP contribution in [0, 0.1) is 0 Å². The van der Waals surface area contributed by atoms with E-state index in [1.54, 1.807) is 0 Å². The molecule has 21 heavy (non-hydrogen) atoms. The van der Waals surface area contributed by atoms with Gasteiger partial charge in [0, 0.05) is 4.47 Å². The van der Waals surface area contributed by atoms with Gasteiger partial charge in [-0.15, -0.1) is 0 Å². The molecule has 0 spiro atoms. The fraction of sp³-hybridized carbons (Fsp3) is 0.235. The molecule has 0 aliphatic carbocycles. The van der Waals surface area contributed by atoms with Crippen molar-refractivity contribution in [2.45, 2.75) is 25.4 Å². The molecule has 1 unspecified atom stereocenters. The van der Waals surface area contributed by atoms with Gasteiger partial charge in [0.1, 0.15) is 6.04 Å². The van der Waals surface area contributed by atoms with Gasteiger partial charge in [-0.2, -0.15) is 0 Å². The Morgan fingerprint density at radius 2 is 1.71 bits per heavy atom. The number of nitrogens with two attached hydrogens (primary N) is 1. The average molecular weight is 347 g/mol. The molecule has 0 aliphatic heterocycles. The van der Waals surface area contributed by atoms with Crippen molar-refractivity contribution in [3.8, 4) is 0 Å². The van der Waals surface area contributed by atoms with E-state index in [0.717, 1.165) is 22.0 Å². The summed E-state index contributed by atoms with van der Waals surface area (Å²) in [7, 11) is 0. The van der Waals surface area contributed by atoms with Gasteiger partial charge in [-0.25, -0.2) is 0 Å².